The van der Waals surface area contributed by atoms with Gasteiger partial charge < -0.3 is 9.84 Å². The monoisotopic (exact) mass is 216 g/mol. The molecule has 3 nitrogen and oxygen atoms in total. The quantitative estimate of drug-likeness (QED) is 0.385. The molecule has 0 saturated carbocycles. The molecule has 1 unspecified atom stereocenters. The van der Waals surface area contributed by atoms with Gasteiger partial charge in [0, 0.05) is 19.8 Å². The fourth-order valence-corrected chi connectivity index (χ4v) is 1.51. The molecule has 0 fully saturated rings. The molecule has 1 atom stereocenters. The Balaban J connectivity index is 3.63. The van der Waals surface area contributed by atoms with E-state index in [1.165, 1.54) is 0 Å². The van der Waals surface area contributed by atoms with E-state index in [1.54, 1.807) is 6.92 Å². The van der Waals surface area contributed by atoms with Crippen molar-refractivity contribution >= 4 is 5.97 Å². The number of rotatable bonds is 8. The maximum Gasteiger partial charge on any atom is 0.308 e. The maximum atomic E-state index is 11.3. The summed E-state index contributed by atoms with van der Waals surface area (Å²) >= 11 is 0. The van der Waals surface area contributed by atoms with Gasteiger partial charge in [-0.15, -0.1) is 0 Å². The Labute approximate surface area is 92.8 Å². The third-order valence-corrected chi connectivity index (χ3v) is 2.28. The van der Waals surface area contributed by atoms with Crippen molar-refractivity contribution in [2.45, 2.75) is 71.5 Å². The van der Waals surface area contributed by atoms with Crippen LogP contribution < -0.4 is 0 Å². The molecule has 0 heterocycles. The maximum absolute atomic E-state index is 11.3. The zero-order valence-corrected chi connectivity index (χ0v) is 10.2. The highest BCUT2D eigenvalue weighted by Gasteiger charge is 2.23. The number of carbonyl (C=O) groups is 1. The third-order valence-electron chi connectivity index (χ3n) is 2.28. The Kier molecular flexibility index (Phi) is 7.39. The molecule has 0 spiro atoms. The van der Waals surface area contributed by atoms with E-state index in [2.05, 4.69) is 6.92 Å². The Morgan fingerprint density at radius 3 is 2.40 bits per heavy atom. The van der Waals surface area contributed by atoms with Gasteiger partial charge in [0.2, 0.25) is 5.79 Å². The standard InChI is InChI=1S/C12H24O3/c1-4-6-7-8-9-11(13)15-12(3,14)10-5-2/h14H,4-10H2,1-3H3. The molecule has 0 aliphatic carbocycles. The predicted octanol–water partition coefficient (Wildman–Crippen LogP) is 3.01. The molecule has 0 aliphatic heterocycles. The molecule has 0 aromatic carbocycles. The van der Waals surface area contributed by atoms with Gasteiger partial charge in [0.15, 0.2) is 0 Å². The van der Waals surface area contributed by atoms with E-state index in [-0.39, 0.29) is 5.97 Å². The lowest BCUT2D eigenvalue weighted by molar-refractivity contribution is -0.204. The first kappa shape index (κ1) is 14.4. The molecule has 0 aliphatic rings. The van der Waals surface area contributed by atoms with Crippen LogP contribution in [0.25, 0.3) is 0 Å². The summed E-state index contributed by atoms with van der Waals surface area (Å²) in [4.78, 5) is 11.3. The average molecular weight is 216 g/mol. The topological polar surface area (TPSA) is 46.5 Å². The van der Waals surface area contributed by atoms with E-state index in [0.717, 1.165) is 32.1 Å². The SMILES string of the molecule is CCCCCCC(=O)OC(C)(O)CCC. The highest BCUT2D eigenvalue weighted by atomic mass is 16.7. The number of unbranched alkanes of at least 4 members (excludes halogenated alkanes) is 3. The largest absolute Gasteiger partial charge is 0.434 e. The second kappa shape index (κ2) is 7.69. The zero-order valence-electron chi connectivity index (χ0n) is 10.2. The van der Waals surface area contributed by atoms with Crippen LogP contribution in [-0.2, 0) is 9.53 Å². The summed E-state index contributed by atoms with van der Waals surface area (Å²) in [6.07, 6.45) is 5.93. The van der Waals surface area contributed by atoms with Gasteiger partial charge >= 0.3 is 5.97 Å². The van der Waals surface area contributed by atoms with Crippen LogP contribution in [0.15, 0.2) is 0 Å². The molecule has 0 aromatic rings. The van der Waals surface area contributed by atoms with Gasteiger partial charge in [-0.25, -0.2) is 0 Å². The number of carbonyl (C=O) groups excluding carboxylic acids is 1. The summed E-state index contributed by atoms with van der Waals surface area (Å²) in [6.45, 7) is 5.62. The lowest BCUT2D eigenvalue weighted by Gasteiger charge is -2.22. The molecule has 0 amide bonds. The zero-order chi connectivity index (χ0) is 11.7. The molecule has 3 heteroatoms. The first-order valence-electron chi connectivity index (χ1n) is 5.96. The van der Waals surface area contributed by atoms with E-state index < -0.39 is 5.79 Å². The van der Waals surface area contributed by atoms with Gasteiger partial charge in [-0.2, -0.15) is 0 Å². The fourth-order valence-electron chi connectivity index (χ4n) is 1.51. The Morgan fingerprint density at radius 1 is 1.20 bits per heavy atom. The molecule has 90 valence electrons. The van der Waals surface area contributed by atoms with Gasteiger partial charge in [-0.3, -0.25) is 4.79 Å². The van der Waals surface area contributed by atoms with Gasteiger partial charge in [0.1, 0.15) is 0 Å². The Hall–Kier alpha value is -0.570. The number of esters is 1. The molecular weight excluding hydrogens is 192 g/mol. The van der Waals surface area contributed by atoms with Crippen molar-refractivity contribution in [2.24, 2.45) is 0 Å². The summed E-state index contributed by atoms with van der Waals surface area (Å²) in [6, 6.07) is 0. The van der Waals surface area contributed by atoms with Crippen LogP contribution in [0, 0.1) is 0 Å². The van der Waals surface area contributed by atoms with Crippen molar-refractivity contribution < 1.29 is 14.6 Å². The number of hydrogen-bond acceptors (Lipinski definition) is 3. The molecule has 0 bridgehead atoms. The molecule has 0 saturated heterocycles. The van der Waals surface area contributed by atoms with E-state index >= 15 is 0 Å². The van der Waals surface area contributed by atoms with Crippen LogP contribution in [-0.4, -0.2) is 16.9 Å². The van der Waals surface area contributed by atoms with Crippen LogP contribution in [0.4, 0.5) is 0 Å². The highest BCUT2D eigenvalue weighted by Crippen LogP contribution is 2.15. The Bertz CT molecular complexity index is 176. The summed E-state index contributed by atoms with van der Waals surface area (Å²) in [7, 11) is 0. The average Bonchev–Trinajstić information content (AvgIpc) is 2.11. The number of hydrogen-bond donors (Lipinski definition) is 1. The van der Waals surface area contributed by atoms with E-state index in [9.17, 15) is 9.90 Å². The fraction of sp³-hybridized carbons (Fsp3) is 0.917. The van der Waals surface area contributed by atoms with Crippen molar-refractivity contribution in [1.82, 2.24) is 0 Å². The van der Waals surface area contributed by atoms with Crippen molar-refractivity contribution in [2.75, 3.05) is 0 Å². The third kappa shape index (κ3) is 8.43. The van der Waals surface area contributed by atoms with Crippen LogP contribution in [0.5, 0.6) is 0 Å². The number of ether oxygens (including phenoxy) is 1. The van der Waals surface area contributed by atoms with Crippen LogP contribution >= 0.6 is 0 Å². The lowest BCUT2D eigenvalue weighted by Crippen LogP contribution is -2.30. The van der Waals surface area contributed by atoms with Crippen LogP contribution in [0.1, 0.15) is 65.7 Å². The second-order valence-corrected chi connectivity index (χ2v) is 4.21. The van der Waals surface area contributed by atoms with Crippen molar-refractivity contribution in [1.29, 1.82) is 0 Å². The first-order chi connectivity index (χ1) is 7.02. The number of aliphatic hydroxyl groups is 1. The van der Waals surface area contributed by atoms with Gasteiger partial charge in [-0.05, 0) is 12.8 Å². The highest BCUT2D eigenvalue weighted by molar-refractivity contribution is 5.69. The van der Waals surface area contributed by atoms with Crippen LogP contribution in [0.3, 0.4) is 0 Å². The van der Waals surface area contributed by atoms with Crippen molar-refractivity contribution in [3.63, 3.8) is 0 Å². The molecule has 15 heavy (non-hydrogen) atoms. The first-order valence-corrected chi connectivity index (χ1v) is 5.96. The van der Waals surface area contributed by atoms with E-state index in [1.807, 2.05) is 6.92 Å². The predicted molar refractivity (Wildman–Crippen MR) is 60.4 cm³/mol. The van der Waals surface area contributed by atoms with E-state index in [0.29, 0.717) is 12.8 Å². The second-order valence-electron chi connectivity index (χ2n) is 4.21. The minimum atomic E-state index is -1.28. The minimum absolute atomic E-state index is 0.287. The minimum Gasteiger partial charge on any atom is -0.434 e. The van der Waals surface area contributed by atoms with Crippen LogP contribution in [0.2, 0.25) is 0 Å². The van der Waals surface area contributed by atoms with Gasteiger partial charge in [-0.1, -0.05) is 33.1 Å². The summed E-state index contributed by atoms with van der Waals surface area (Å²) in [5.41, 5.74) is 0. The van der Waals surface area contributed by atoms with Gasteiger partial charge in [0.05, 0.1) is 0 Å². The molecule has 1 N–H and O–H groups in total. The molecule has 0 radical (unpaired) electrons. The Morgan fingerprint density at radius 2 is 1.87 bits per heavy atom. The molecule has 0 aromatic heterocycles. The lowest BCUT2D eigenvalue weighted by atomic mass is 10.1. The molecule has 0 rings (SSSR count). The summed E-state index contributed by atoms with van der Waals surface area (Å²) in [5.74, 6) is -1.57. The summed E-state index contributed by atoms with van der Waals surface area (Å²) in [5, 5.41) is 9.64. The van der Waals surface area contributed by atoms with Crippen molar-refractivity contribution in [3.05, 3.63) is 0 Å². The molecular formula is C12H24O3. The summed E-state index contributed by atoms with van der Waals surface area (Å²) < 4.78 is 4.98. The van der Waals surface area contributed by atoms with Gasteiger partial charge in [0.25, 0.3) is 0 Å². The van der Waals surface area contributed by atoms with Crippen molar-refractivity contribution in [3.8, 4) is 0 Å². The smallest absolute Gasteiger partial charge is 0.308 e. The normalized spacial score (nSPS) is 14.7. The van der Waals surface area contributed by atoms with E-state index in [4.69, 9.17) is 4.74 Å².